The summed E-state index contributed by atoms with van der Waals surface area (Å²) in [6, 6.07) is 8.29. The maximum absolute atomic E-state index is 5.85. The molecule has 1 heterocycles. The summed E-state index contributed by atoms with van der Waals surface area (Å²) in [6.45, 7) is 0. The molecule has 1 unspecified atom stereocenters. The van der Waals surface area contributed by atoms with Crippen LogP contribution >= 0.6 is 0 Å². The van der Waals surface area contributed by atoms with Crippen molar-refractivity contribution in [3.63, 3.8) is 0 Å². The molecule has 5 heteroatoms. The Morgan fingerprint density at radius 2 is 1.83 bits per heavy atom. The number of rotatable bonds is 2. The van der Waals surface area contributed by atoms with E-state index in [1.54, 1.807) is 7.05 Å². The van der Waals surface area contributed by atoms with Gasteiger partial charge in [-0.15, -0.1) is 0 Å². The summed E-state index contributed by atoms with van der Waals surface area (Å²) < 4.78 is 0. The Balaban J connectivity index is 2.28. The van der Waals surface area contributed by atoms with Crippen LogP contribution in [-0.4, -0.2) is 33.3 Å². The fourth-order valence-electron chi connectivity index (χ4n) is 1.82. The van der Waals surface area contributed by atoms with E-state index in [2.05, 4.69) is 44.8 Å². The molecule has 0 saturated heterocycles. The highest BCUT2D eigenvalue weighted by Gasteiger charge is 2.14. The van der Waals surface area contributed by atoms with Crippen LogP contribution in [0, 0.1) is 0 Å². The molecule has 2 rings (SSSR count). The van der Waals surface area contributed by atoms with E-state index in [1.807, 2.05) is 20.2 Å². The van der Waals surface area contributed by atoms with Crippen molar-refractivity contribution in [1.82, 2.24) is 10.6 Å². The molecule has 0 saturated carbocycles. The number of anilines is 1. The van der Waals surface area contributed by atoms with Crippen LogP contribution in [0.1, 0.15) is 5.56 Å². The molecule has 0 bridgehead atoms. The third-order valence-corrected chi connectivity index (χ3v) is 2.83. The van der Waals surface area contributed by atoms with Gasteiger partial charge < -0.3 is 15.5 Å². The number of benzene rings is 1. The first-order chi connectivity index (χ1) is 8.60. The lowest BCUT2D eigenvalue weighted by Crippen LogP contribution is -2.53. The minimum absolute atomic E-state index is 0.308. The zero-order chi connectivity index (χ0) is 13.1. The van der Waals surface area contributed by atoms with Gasteiger partial charge in [0.25, 0.3) is 0 Å². The largest absolute Gasteiger partial charge is 0.378 e. The number of hydrogen-bond donors (Lipinski definition) is 3. The van der Waals surface area contributed by atoms with Crippen molar-refractivity contribution in [3.8, 4) is 0 Å². The second-order valence-electron chi connectivity index (χ2n) is 4.37. The Morgan fingerprint density at radius 1 is 1.17 bits per heavy atom. The summed E-state index contributed by atoms with van der Waals surface area (Å²) in [7, 11) is 5.78. The molecule has 96 valence electrons. The van der Waals surface area contributed by atoms with Gasteiger partial charge in [-0.2, -0.15) is 0 Å². The highest BCUT2D eigenvalue weighted by Crippen LogP contribution is 2.18. The number of amidine groups is 1. The van der Waals surface area contributed by atoms with Gasteiger partial charge in [0.1, 0.15) is 5.84 Å². The van der Waals surface area contributed by atoms with Crippen LogP contribution < -0.4 is 21.3 Å². The molecule has 1 atom stereocenters. The molecular formula is C13H19N5. The minimum atomic E-state index is -0.308. The van der Waals surface area contributed by atoms with Gasteiger partial charge in [0.15, 0.2) is 6.29 Å². The van der Waals surface area contributed by atoms with Gasteiger partial charge in [-0.3, -0.25) is 10.7 Å². The van der Waals surface area contributed by atoms with Crippen molar-refractivity contribution in [2.24, 2.45) is 10.7 Å². The van der Waals surface area contributed by atoms with E-state index in [-0.39, 0.29) is 6.29 Å². The molecule has 0 aliphatic carbocycles. The van der Waals surface area contributed by atoms with Crippen LogP contribution in [0.15, 0.2) is 35.3 Å². The Kier molecular flexibility index (Phi) is 3.53. The van der Waals surface area contributed by atoms with Crippen molar-refractivity contribution in [1.29, 1.82) is 0 Å². The van der Waals surface area contributed by atoms with Crippen LogP contribution in [-0.2, 0) is 0 Å². The van der Waals surface area contributed by atoms with Gasteiger partial charge in [0.05, 0.1) is 0 Å². The van der Waals surface area contributed by atoms with Crippen molar-refractivity contribution in [2.75, 3.05) is 26.0 Å². The lowest BCUT2D eigenvalue weighted by atomic mass is 10.1. The second kappa shape index (κ2) is 5.10. The van der Waals surface area contributed by atoms with Gasteiger partial charge in [0.2, 0.25) is 0 Å². The summed E-state index contributed by atoms with van der Waals surface area (Å²) in [5, 5.41) is 6.21. The maximum Gasteiger partial charge on any atom is 0.151 e. The molecule has 0 amide bonds. The van der Waals surface area contributed by atoms with Crippen molar-refractivity contribution < 1.29 is 0 Å². The van der Waals surface area contributed by atoms with Gasteiger partial charge in [-0.05, 0) is 17.7 Å². The molecule has 0 aromatic heterocycles. The standard InChI is InChI=1S/C13H19N5/c1-15-12-8-11(16-13(14)17-12)9-4-6-10(7-5-9)18(2)3/h4-8,13,16H,14H2,1-3H3,(H,15,17). The minimum Gasteiger partial charge on any atom is -0.378 e. The molecule has 0 fully saturated rings. The van der Waals surface area contributed by atoms with E-state index in [1.165, 1.54) is 5.69 Å². The number of hydrogen-bond acceptors (Lipinski definition) is 4. The fourth-order valence-corrected chi connectivity index (χ4v) is 1.82. The molecule has 1 aliphatic rings. The topological polar surface area (TPSA) is 65.7 Å². The van der Waals surface area contributed by atoms with Crippen LogP contribution in [0.4, 0.5) is 5.69 Å². The molecule has 4 N–H and O–H groups in total. The van der Waals surface area contributed by atoms with Gasteiger partial charge >= 0.3 is 0 Å². The molecule has 0 radical (unpaired) electrons. The summed E-state index contributed by atoms with van der Waals surface area (Å²) >= 11 is 0. The fraction of sp³-hybridized carbons (Fsp3) is 0.308. The van der Waals surface area contributed by atoms with E-state index >= 15 is 0 Å². The lowest BCUT2D eigenvalue weighted by molar-refractivity contribution is 0.578. The molecule has 1 aromatic rings. The maximum atomic E-state index is 5.85. The normalized spacial score (nSPS) is 21.0. The highest BCUT2D eigenvalue weighted by atomic mass is 15.3. The highest BCUT2D eigenvalue weighted by molar-refractivity contribution is 6.00. The van der Waals surface area contributed by atoms with Crippen LogP contribution in [0.3, 0.4) is 0 Å². The summed E-state index contributed by atoms with van der Waals surface area (Å²) in [5.74, 6) is 0.785. The Bertz CT molecular complexity index is 473. The average molecular weight is 245 g/mol. The van der Waals surface area contributed by atoms with E-state index in [9.17, 15) is 0 Å². The smallest absolute Gasteiger partial charge is 0.151 e. The SMILES string of the molecule is CN=C1C=C(c2ccc(N(C)C)cc2)NC(N)N1. The zero-order valence-electron chi connectivity index (χ0n) is 10.9. The lowest BCUT2D eigenvalue weighted by Gasteiger charge is -2.25. The van der Waals surface area contributed by atoms with Crippen molar-refractivity contribution in [3.05, 3.63) is 35.9 Å². The first kappa shape index (κ1) is 12.4. The Morgan fingerprint density at radius 3 is 2.39 bits per heavy atom. The van der Waals surface area contributed by atoms with Crippen molar-refractivity contribution in [2.45, 2.75) is 6.29 Å². The first-order valence-electron chi connectivity index (χ1n) is 5.85. The van der Waals surface area contributed by atoms with E-state index in [4.69, 9.17) is 5.73 Å². The second-order valence-corrected chi connectivity index (χ2v) is 4.37. The Labute approximate surface area is 107 Å². The Hall–Kier alpha value is -2.01. The van der Waals surface area contributed by atoms with Gasteiger partial charge in [-0.25, -0.2) is 0 Å². The molecule has 0 spiro atoms. The molecule has 5 nitrogen and oxygen atoms in total. The monoisotopic (exact) mass is 245 g/mol. The number of nitrogens with zero attached hydrogens (tertiary/aromatic N) is 2. The van der Waals surface area contributed by atoms with Gasteiger partial charge in [0, 0.05) is 38.6 Å². The summed E-state index contributed by atoms with van der Waals surface area (Å²) in [4.78, 5) is 6.19. The van der Waals surface area contributed by atoms with E-state index in [0.717, 1.165) is 17.1 Å². The van der Waals surface area contributed by atoms with Crippen LogP contribution in [0.2, 0.25) is 0 Å². The molecule has 18 heavy (non-hydrogen) atoms. The van der Waals surface area contributed by atoms with Gasteiger partial charge in [-0.1, -0.05) is 12.1 Å². The van der Waals surface area contributed by atoms with Crippen LogP contribution in [0.5, 0.6) is 0 Å². The van der Waals surface area contributed by atoms with E-state index < -0.39 is 0 Å². The quantitative estimate of drug-likeness (QED) is 0.712. The predicted molar refractivity (Wildman–Crippen MR) is 76.4 cm³/mol. The van der Waals surface area contributed by atoms with E-state index in [0.29, 0.717) is 0 Å². The van der Waals surface area contributed by atoms with Crippen molar-refractivity contribution >= 4 is 17.2 Å². The van der Waals surface area contributed by atoms with Crippen LogP contribution in [0.25, 0.3) is 5.70 Å². The predicted octanol–water partition coefficient (Wildman–Crippen LogP) is 0.557. The molecular weight excluding hydrogens is 226 g/mol. The molecule has 1 aromatic carbocycles. The molecule has 1 aliphatic heterocycles. The summed E-state index contributed by atoms with van der Waals surface area (Å²) in [6.07, 6.45) is 1.64. The number of nitrogens with two attached hydrogens (primary N) is 1. The number of aliphatic imine (C=N–C) groups is 1. The third-order valence-electron chi connectivity index (χ3n) is 2.83. The summed E-state index contributed by atoms with van der Waals surface area (Å²) in [5.41, 5.74) is 9.10. The number of nitrogens with one attached hydrogen (secondary N) is 2. The average Bonchev–Trinajstić information content (AvgIpc) is 2.38. The zero-order valence-corrected chi connectivity index (χ0v) is 10.9. The first-order valence-corrected chi connectivity index (χ1v) is 5.85. The third kappa shape index (κ3) is 2.62.